The quantitative estimate of drug-likeness (QED) is 0.726. The zero-order chi connectivity index (χ0) is 16.3. The first-order chi connectivity index (χ1) is 8.85. The summed E-state index contributed by atoms with van der Waals surface area (Å²) in [6.07, 6.45) is 0. The van der Waals surface area contributed by atoms with Gasteiger partial charge in [-0.05, 0) is 45.4 Å². The highest BCUT2D eigenvalue weighted by molar-refractivity contribution is 5.80. The third kappa shape index (κ3) is 4.22. The topological polar surface area (TPSA) is 63.6 Å². The minimum atomic E-state index is -0.992. The van der Waals surface area contributed by atoms with E-state index in [9.17, 15) is 14.7 Å². The van der Waals surface area contributed by atoms with Gasteiger partial charge in [0.05, 0.1) is 17.4 Å². The van der Waals surface area contributed by atoms with Gasteiger partial charge in [-0.15, -0.1) is 0 Å². The van der Waals surface area contributed by atoms with Gasteiger partial charge in [-0.2, -0.15) is 0 Å². The number of rotatable bonds is 7. The van der Waals surface area contributed by atoms with E-state index in [4.69, 9.17) is 4.74 Å². The average molecular weight is 286 g/mol. The first kappa shape index (κ1) is 18.9. The summed E-state index contributed by atoms with van der Waals surface area (Å²) in [5, 5.41) is 9.47. The first-order valence-electron chi connectivity index (χ1n) is 7.25. The molecule has 20 heavy (non-hydrogen) atoms. The predicted octanol–water partition coefficient (Wildman–Crippen LogP) is 3.59. The molecule has 0 fully saturated rings. The summed E-state index contributed by atoms with van der Waals surface area (Å²) in [4.78, 5) is 23.9. The van der Waals surface area contributed by atoms with E-state index in [1.165, 1.54) is 0 Å². The molecule has 0 radical (unpaired) electrons. The minimum absolute atomic E-state index is 0.0581. The van der Waals surface area contributed by atoms with Crippen molar-refractivity contribution in [3.8, 4) is 0 Å². The molecular formula is C16H30O4. The van der Waals surface area contributed by atoms with E-state index in [0.29, 0.717) is 6.61 Å². The van der Waals surface area contributed by atoms with Crippen molar-refractivity contribution in [2.75, 3.05) is 6.61 Å². The normalized spacial score (nSPS) is 14.5. The molecule has 0 saturated heterocycles. The lowest BCUT2D eigenvalue weighted by atomic mass is 9.60. The first-order valence-corrected chi connectivity index (χ1v) is 7.25. The van der Waals surface area contributed by atoms with E-state index in [2.05, 4.69) is 0 Å². The Labute approximate surface area is 122 Å². The minimum Gasteiger partial charge on any atom is -0.481 e. The molecule has 1 unspecified atom stereocenters. The molecule has 1 N–H and O–H groups in total. The van der Waals surface area contributed by atoms with Crippen molar-refractivity contribution in [3.63, 3.8) is 0 Å². The molecule has 4 nitrogen and oxygen atoms in total. The summed E-state index contributed by atoms with van der Waals surface area (Å²) in [5.74, 6) is -1.20. The monoisotopic (exact) mass is 286 g/mol. The van der Waals surface area contributed by atoms with Gasteiger partial charge in [0.1, 0.15) is 0 Å². The van der Waals surface area contributed by atoms with Crippen LogP contribution >= 0.6 is 0 Å². The Morgan fingerprint density at radius 1 is 1.00 bits per heavy atom. The van der Waals surface area contributed by atoms with Crippen molar-refractivity contribution in [2.45, 2.75) is 55.4 Å². The van der Waals surface area contributed by atoms with Gasteiger partial charge in [0.2, 0.25) is 0 Å². The molecule has 0 aliphatic rings. The fourth-order valence-corrected chi connectivity index (χ4v) is 3.26. The summed E-state index contributed by atoms with van der Waals surface area (Å²) in [6.45, 7) is 15.1. The maximum absolute atomic E-state index is 12.4. The van der Waals surface area contributed by atoms with Crippen molar-refractivity contribution in [1.29, 1.82) is 0 Å². The molecule has 1 atom stereocenters. The number of esters is 1. The molecule has 118 valence electrons. The maximum atomic E-state index is 12.4. The van der Waals surface area contributed by atoms with Crippen molar-refractivity contribution in [1.82, 2.24) is 0 Å². The lowest BCUT2D eigenvalue weighted by molar-refractivity contribution is -0.169. The van der Waals surface area contributed by atoms with Crippen molar-refractivity contribution >= 4 is 11.9 Å². The van der Waals surface area contributed by atoms with E-state index in [0.717, 1.165) is 0 Å². The highest BCUT2D eigenvalue weighted by Gasteiger charge is 2.51. The van der Waals surface area contributed by atoms with Crippen LogP contribution in [0.15, 0.2) is 0 Å². The average Bonchev–Trinajstić information content (AvgIpc) is 2.23. The van der Waals surface area contributed by atoms with Gasteiger partial charge >= 0.3 is 11.9 Å². The Morgan fingerprint density at radius 3 is 1.75 bits per heavy atom. The number of hydrogen-bond acceptors (Lipinski definition) is 3. The van der Waals surface area contributed by atoms with Crippen LogP contribution in [0.4, 0.5) is 0 Å². The standard InChI is InChI=1S/C16H30O4/c1-10(2)9-20-14(19)16(7,8)12(11(3)4)15(5,6)13(17)18/h10-12H,9H2,1-8H3,(H,17,18). The molecule has 0 aliphatic heterocycles. The highest BCUT2D eigenvalue weighted by atomic mass is 16.5. The SMILES string of the molecule is CC(C)COC(=O)C(C)(C)C(C(C)C)C(C)(C)C(=O)O. The molecule has 4 heteroatoms. The summed E-state index contributed by atoms with van der Waals surface area (Å²) in [5.41, 5.74) is -1.83. The molecule has 0 saturated carbocycles. The second-order valence-electron chi connectivity index (χ2n) is 7.46. The zero-order valence-electron chi connectivity index (χ0n) is 14.1. The van der Waals surface area contributed by atoms with Crippen molar-refractivity contribution in [2.24, 2.45) is 28.6 Å². The lowest BCUT2D eigenvalue weighted by Crippen LogP contribution is -2.48. The van der Waals surface area contributed by atoms with Crippen LogP contribution in [0.25, 0.3) is 0 Å². The number of carbonyl (C=O) groups is 2. The maximum Gasteiger partial charge on any atom is 0.311 e. The summed E-state index contributed by atoms with van der Waals surface area (Å²) in [7, 11) is 0. The number of carbonyl (C=O) groups excluding carboxylic acids is 1. The third-order valence-corrected chi connectivity index (χ3v) is 3.85. The van der Waals surface area contributed by atoms with E-state index in [-0.39, 0.29) is 23.7 Å². The predicted molar refractivity (Wildman–Crippen MR) is 79.3 cm³/mol. The van der Waals surface area contributed by atoms with Gasteiger partial charge in [0.25, 0.3) is 0 Å². The molecule has 0 bridgehead atoms. The number of hydrogen-bond donors (Lipinski definition) is 1. The molecule has 0 aromatic carbocycles. The molecule has 0 amide bonds. The van der Waals surface area contributed by atoms with Crippen LogP contribution in [0.5, 0.6) is 0 Å². The second-order valence-corrected chi connectivity index (χ2v) is 7.46. The smallest absolute Gasteiger partial charge is 0.311 e. The number of ether oxygens (including phenoxy) is 1. The van der Waals surface area contributed by atoms with Gasteiger partial charge in [-0.3, -0.25) is 9.59 Å². The molecular weight excluding hydrogens is 256 g/mol. The largest absolute Gasteiger partial charge is 0.481 e. The van der Waals surface area contributed by atoms with Gasteiger partial charge < -0.3 is 9.84 Å². The van der Waals surface area contributed by atoms with Crippen LogP contribution in [0, 0.1) is 28.6 Å². The van der Waals surface area contributed by atoms with Gasteiger partial charge in [0, 0.05) is 0 Å². The number of carboxylic acid groups (broad SMARTS) is 1. The van der Waals surface area contributed by atoms with Crippen LogP contribution in [0.3, 0.4) is 0 Å². The van der Waals surface area contributed by atoms with Gasteiger partial charge in [0.15, 0.2) is 0 Å². The van der Waals surface area contributed by atoms with Crippen LogP contribution in [-0.4, -0.2) is 23.7 Å². The molecule has 0 rings (SSSR count). The van der Waals surface area contributed by atoms with Gasteiger partial charge in [-0.1, -0.05) is 27.7 Å². The summed E-state index contributed by atoms with van der Waals surface area (Å²) in [6, 6.07) is 0. The second kappa shape index (κ2) is 6.59. The lowest BCUT2D eigenvalue weighted by Gasteiger charge is -2.43. The van der Waals surface area contributed by atoms with Gasteiger partial charge in [-0.25, -0.2) is 0 Å². The zero-order valence-corrected chi connectivity index (χ0v) is 14.1. The number of aliphatic carboxylic acids is 1. The number of carboxylic acids is 1. The summed E-state index contributed by atoms with van der Waals surface area (Å²) < 4.78 is 5.34. The fraction of sp³-hybridized carbons (Fsp3) is 0.875. The molecule has 0 aromatic heterocycles. The van der Waals surface area contributed by atoms with Crippen LogP contribution in [0.2, 0.25) is 0 Å². The van der Waals surface area contributed by atoms with Crippen molar-refractivity contribution in [3.05, 3.63) is 0 Å². The van der Waals surface area contributed by atoms with E-state index >= 15 is 0 Å². The van der Waals surface area contributed by atoms with E-state index in [1.807, 2.05) is 27.7 Å². The molecule has 0 heterocycles. The highest BCUT2D eigenvalue weighted by Crippen LogP contribution is 2.46. The van der Waals surface area contributed by atoms with E-state index < -0.39 is 16.8 Å². The Morgan fingerprint density at radius 2 is 1.45 bits per heavy atom. The Bertz CT molecular complexity index is 353. The Kier molecular flexibility index (Phi) is 6.25. The molecule has 0 aliphatic carbocycles. The van der Waals surface area contributed by atoms with E-state index in [1.54, 1.807) is 27.7 Å². The molecule has 0 spiro atoms. The third-order valence-electron chi connectivity index (χ3n) is 3.85. The van der Waals surface area contributed by atoms with Crippen LogP contribution in [0.1, 0.15) is 55.4 Å². The van der Waals surface area contributed by atoms with Crippen LogP contribution < -0.4 is 0 Å². The van der Waals surface area contributed by atoms with Crippen molar-refractivity contribution < 1.29 is 19.4 Å². The molecule has 0 aromatic rings. The Hall–Kier alpha value is -1.06. The van der Waals surface area contributed by atoms with Crippen LogP contribution in [-0.2, 0) is 14.3 Å². The Balaban J connectivity index is 5.37. The fourth-order valence-electron chi connectivity index (χ4n) is 3.26. The summed E-state index contributed by atoms with van der Waals surface area (Å²) >= 11 is 0.